The van der Waals surface area contributed by atoms with Crippen molar-refractivity contribution in [1.29, 1.82) is 0 Å². The Bertz CT molecular complexity index is 598. The minimum absolute atomic E-state index is 0.116. The largest absolute Gasteiger partial charge is 0.481 e. The molecule has 0 spiro atoms. The van der Waals surface area contributed by atoms with Crippen LogP contribution in [0.1, 0.15) is 55.7 Å². The molecule has 1 aliphatic carbocycles. The molecule has 4 nitrogen and oxygen atoms in total. The van der Waals surface area contributed by atoms with Gasteiger partial charge >= 0.3 is 5.97 Å². The van der Waals surface area contributed by atoms with Crippen LogP contribution < -0.4 is 0 Å². The predicted octanol–water partition coefficient (Wildman–Crippen LogP) is 3.55. The van der Waals surface area contributed by atoms with Crippen LogP contribution in [0.2, 0.25) is 0 Å². The number of likely N-dealkylation sites (tertiary alicyclic amines) is 1. The number of carbonyl (C=O) groups is 2. The molecule has 3 rings (SSSR count). The Hall–Kier alpha value is -1.84. The van der Waals surface area contributed by atoms with Gasteiger partial charge in [0.1, 0.15) is 0 Å². The molecule has 23 heavy (non-hydrogen) atoms. The zero-order valence-electron chi connectivity index (χ0n) is 13.7. The van der Waals surface area contributed by atoms with Gasteiger partial charge in [-0.2, -0.15) is 0 Å². The second-order valence-electron chi connectivity index (χ2n) is 6.94. The van der Waals surface area contributed by atoms with E-state index in [1.165, 1.54) is 11.1 Å². The van der Waals surface area contributed by atoms with Crippen LogP contribution in [-0.2, 0) is 9.59 Å². The first-order valence-corrected chi connectivity index (χ1v) is 8.66. The number of carbonyl (C=O) groups excluding carboxylic acids is 1. The van der Waals surface area contributed by atoms with Crippen molar-refractivity contribution < 1.29 is 14.7 Å². The van der Waals surface area contributed by atoms with Crippen molar-refractivity contribution in [3.63, 3.8) is 0 Å². The summed E-state index contributed by atoms with van der Waals surface area (Å²) in [6.45, 7) is 2.89. The molecule has 4 heteroatoms. The van der Waals surface area contributed by atoms with Gasteiger partial charge in [-0.3, -0.25) is 9.59 Å². The molecule has 1 heterocycles. The lowest BCUT2D eigenvalue weighted by molar-refractivity contribution is -0.145. The fourth-order valence-corrected chi connectivity index (χ4v) is 4.19. The van der Waals surface area contributed by atoms with E-state index in [0.717, 1.165) is 32.2 Å². The van der Waals surface area contributed by atoms with E-state index in [9.17, 15) is 14.7 Å². The molecule has 124 valence electrons. The summed E-state index contributed by atoms with van der Waals surface area (Å²) in [5.41, 5.74) is 2.47. The first kappa shape index (κ1) is 16.0. The molecule has 1 aromatic rings. The number of hydrogen-bond donors (Lipinski definition) is 1. The van der Waals surface area contributed by atoms with Crippen molar-refractivity contribution in [1.82, 2.24) is 4.90 Å². The number of carboxylic acids is 1. The van der Waals surface area contributed by atoms with E-state index in [-0.39, 0.29) is 23.8 Å². The lowest BCUT2D eigenvalue weighted by atomic mass is 9.80. The molecule has 1 aliphatic heterocycles. The van der Waals surface area contributed by atoms with Crippen LogP contribution in [0.25, 0.3) is 0 Å². The second-order valence-corrected chi connectivity index (χ2v) is 6.94. The SMILES string of the molecule is Cc1ccccc1C1CCCN1C(=O)C1CCCC(C(=O)O)C1. The van der Waals surface area contributed by atoms with Crippen LogP contribution in [0.5, 0.6) is 0 Å². The van der Waals surface area contributed by atoms with Gasteiger partial charge in [-0.15, -0.1) is 0 Å². The number of aliphatic carboxylic acids is 1. The highest BCUT2D eigenvalue weighted by atomic mass is 16.4. The maximum Gasteiger partial charge on any atom is 0.306 e. The van der Waals surface area contributed by atoms with E-state index in [1.807, 2.05) is 17.0 Å². The summed E-state index contributed by atoms with van der Waals surface area (Å²) in [4.78, 5) is 26.3. The van der Waals surface area contributed by atoms with Crippen molar-refractivity contribution in [2.24, 2.45) is 11.8 Å². The summed E-state index contributed by atoms with van der Waals surface area (Å²) < 4.78 is 0. The van der Waals surface area contributed by atoms with Gasteiger partial charge in [-0.05, 0) is 50.2 Å². The standard InChI is InChI=1S/C19H25NO3/c1-13-6-2-3-9-16(13)17-10-5-11-20(17)18(21)14-7-4-8-15(12-14)19(22)23/h2-3,6,9,14-15,17H,4-5,7-8,10-12H2,1H3,(H,22,23). The molecular weight excluding hydrogens is 290 g/mol. The molecule has 1 aromatic carbocycles. The maximum atomic E-state index is 13.0. The van der Waals surface area contributed by atoms with Crippen molar-refractivity contribution in [2.45, 2.75) is 51.5 Å². The summed E-state index contributed by atoms with van der Waals surface area (Å²) in [6.07, 6.45) is 4.92. The lowest BCUT2D eigenvalue weighted by Crippen LogP contribution is -2.38. The molecule has 2 aliphatic rings. The molecule has 0 radical (unpaired) electrons. The van der Waals surface area contributed by atoms with Gasteiger partial charge < -0.3 is 10.0 Å². The van der Waals surface area contributed by atoms with Crippen LogP contribution in [0.4, 0.5) is 0 Å². The fraction of sp³-hybridized carbons (Fsp3) is 0.579. The first-order chi connectivity index (χ1) is 11.1. The third-order valence-corrected chi connectivity index (χ3v) is 5.46. The monoisotopic (exact) mass is 315 g/mol. The van der Waals surface area contributed by atoms with E-state index in [1.54, 1.807) is 0 Å². The molecule has 1 saturated carbocycles. The predicted molar refractivity (Wildman–Crippen MR) is 88.0 cm³/mol. The molecule has 1 amide bonds. The number of amides is 1. The average Bonchev–Trinajstić information content (AvgIpc) is 3.04. The normalized spacial score (nSPS) is 27.9. The van der Waals surface area contributed by atoms with Crippen LogP contribution in [-0.4, -0.2) is 28.4 Å². The second kappa shape index (κ2) is 6.73. The topological polar surface area (TPSA) is 57.6 Å². The summed E-state index contributed by atoms with van der Waals surface area (Å²) in [7, 11) is 0. The van der Waals surface area contributed by atoms with Gasteiger partial charge in [0.15, 0.2) is 0 Å². The number of carboxylic acid groups (broad SMARTS) is 1. The highest BCUT2D eigenvalue weighted by molar-refractivity contribution is 5.81. The molecule has 1 N–H and O–H groups in total. The third-order valence-electron chi connectivity index (χ3n) is 5.46. The van der Waals surface area contributed by atoms with Crippen LogP contribution in [0.3, 0.4) is 0 Å². The number of hydrogen-bond acceptors (Lipinski definition) is 2. The van der Waals surface area contributed by atoms with Gasteiger partial charge in [0.05, 0.1) is 12.0 Å². The number of nitrogens with zero attached hydrogens (tertiary/aromatic N) is 1. The van der Waals surface area contributed by atoms with E-state index in [0.29, 0.717) is 12.8 Å². The summed E-state index contributed by atoms with van der Waals surface area (Å²) in [5.74, 6) is -1.05. The minimum Gasteiger partial charge on any atom is -0.481 e. The van der Waals surface area contributed by atoms with Crippen molar-refractivity contribution in [3.8, 4) is 0 Å². The number of benzene rings is 1. The smallest absolute Gasteiger partial charge is 0.306 e. The van der Waals surface area contributed by atoms with Gasteiger partial charge in [0.25, 0.3) is 0 Å². The van der Waals surface area contributed by atoms with Gasteiger partial charge in [0, 0.05) is 12.5 Å². The van der Waals surface area contributed by atoms with Gasteiger partial charge in [0.2, 0.25) is 5.91 Å². The average molecular weight is 315 g/mol. The molecule has 2 fully saturated rings. The molecule has 1 saturated heterocycles. The zero-order chi connectivity index (χ0) is 16.4. The Morgan fingerprint density at radius 3 is 2.57 bits per heavy atom. The summed E-state index contributed by atoms with van der Waals surface area (Å²) in [6, 6.07) is 8.43. The van der Waals surface area contributed by atoms with Crippen molar-refractivity contribution >= 4 is 11.9 Å². The van der Waals surface area contributed by atoms with E-state index in [4.69, 9.17) is 0 Å². The molecule has 0 bridgehead atoms. The van der Waals surface area contributed by atoms with E-state index >= 15 is 0 Å². The Labute approximate surface area is 137 Å². The molecule has 3 unspecified atom stereocenters. The Kier molecular flexibility index (Phi) is 4.69. The minimum atomic E-state index is -0.751. The first-order valence-electron chi connectivity index (χ1n) is 8.66. The molecule has 0 aromatic heterocycles. The van der Waals surface area contributed by atoms with Gasteiger partial charge in [-0.25, -0.2) is 0 Å². The summed E-state index contributed by atoms with van der Waals surface area (Å²) in [5, 5.41) is 9.24. The Balaban J connectivity index is 1.76. The van der Waals surface area contributed by atoms with Crippen LogP contribution in [0.15, 0.2) is 24.3 Å². The van der Waals surface area contributed by atoms with Crippen molar-refractivity contribution in [2.75, 3.05) is 6.54 Å². The lowest BCUT2D eigenvalue weighted by Gasteiger charge is -2.33. The number of aryl methyl sites for hydroxylation is 1. The molecule has 3 atom stereocenters. The highest BCUT2D eigenvalue weighted by Crippen LogP contribution is 2.38. The van der Waals surface area contributed by atoms with E-state index in [2.05, 4.69) is 19.1 Å². The van der Waals surface area contributed by atoms with Crippen LogP contribution in [0, 0.1) is 18.8 Å². The zero-order valence-corrected chi connectivity index (χ0v) is 13.7. The van der Waals surface area contributed by atoms with E-state index < -0.39 is 5.97 Å². The van der Waals surface area contributed by atoms with Crippen LogP contribution >= 0.6 is 0 Å². The summed E-state index contributed by atoms with van der Waals surface area (Å²) >= 11 is 0. The quantitative estimate of drug-likeness (QED) is 0.928. The maximum absolute atomic E-state index is 13.0. The number of rotatable bonds is 3. The fourth-order valence-electron chi connectivity index (χ4n) is 4.19. The Morgan fingerprint density at radius 1 is 1.09 bits per heavy atom. The molecular formula is C19H25NO3. The highest BCUT2D eigenvalue weighted by Gasteiger charge is 2.37. The van der Waals surface area contributed by atoms with Crippen molar-refractivity contribution in [3.05, 3.63) is 35.4 Å². The van der Waals surface area contributed by atoms with Gasteiger partial charge in [-0.1, -0.05) is 30.7 Å². The Morgan fingerprint density at radius 2 is 1.83 bits per heavy atom. The third kappa shape index (κ3) is 3.26.